The van der Waals surface area contributed by atoms with Crippen molar-refractivity contribution >= 4 is 99.7 Å². The summed E-state index contributed by atoms with van der Waals surface area (Å²) < 4.78 is 142. The van der Waals surface area contributed by atoms with Crippen LogP contribution in [0.5, 0.6) is 0 Å². The van der Waals surface area contributed by atoms with Gasteiger partial charge in [0.2, 0.25) is 35.7 Å². The van der Waals surface area contributed by atoms with Crippen molar-refractivity contribution in [1.29, 1.82) is 0 Å². The molecule has 0 radical (unpaired) electrons. The molecule has 8 atom stereocenters. The van der Waals surface area contributed by atoms with E-state index in [9.17, 15) is 92.7 Å². The summed E-state index contributed by atoms with van der Waals surface area (Å²) in [5.74, 6) is -4.47. The van der Waals surface area contributed by atoms with Gasteiger partial charge in [-0.25, -0.2) is 39.1 Å². The van der Waals surface area contributed by atoms with Gasteiger partial charge in [-0.15, -0.1) is 0 Å². The quantitative estimate of drug-likeness (QED) is 0.00963. The van der Waals surface area contributed by atoms with Gasteiger partial charge in [-0.2, -0.15) is 29.9 Å². The smallest absolute Gasteiger partial charge is 0.748 e. The summed E-state index contributed by atoms with van der Waals surface area (Å²) in [5.41, 5.74) is 3.64. The molecular formula is C36H49N13Na4O22S4. The van der Waals surface area contributed by atoms with Crippen molar-refractivity contribution in [2.75, 3.05) is 82.9 Å². The van der Waals surface area contributed by atoms with E-state index in [1.54, 1.807) is 0 Å². The molecule has 0 saturated carbocycles. The Morgan fingerprint density at radius 3 is 1.15 bits per heavy atom. The third-order valence-electron chi connectivity index (χ3n) is 9.69. The number of aliphatic hydroxyl groups is 10. The second kappa shape index (κ2) is 34.8. The predicted molar refractivity (Wildman–Crippen MR) is 252 cm³/mol. The van der Waals surface area contributed by atoms with Crippen molar-refractivity contribution in [3.05, 3.63) is 47.5 Å². The molecule has 0 spiro atoms. The molecule has 2 aromatic heterocycles. The fourth-order valence-corrected chi connectivity index (χ4v) is 8.00. The maximum atomic E-state index is 12.5. The summed E-state index contributed by atoms with van der Waals surface area (Å²) in [4.78, 5) is 22.0. The SMILES string of the molecule is O=S(=O)([O-])CCNc1nc(NCC(O)C(O)C(O)C(O)CO)nc(Nc2ccc(C=Cc3ccc(Nc4nc(NCCS(=O)(=O)[O-])nc(NNCC(O)C(O)C(O)C(O)CO)n4)cc3S(=O)(=O)[O-])c(S(=O)(=O)[O-])c2)n1.[Na+].[Na+].[Na+].[Na+]. The zero-order valence-corrected chi connectivity index (χ0v) is 53.3. The maximum absolute atomic E-state index is 12.5. The average Bonchev–Trinajstić information content (AvgIpc) is 3.32. The number of hydrogen-bond acceptors (Lipinski definition) is 35. The van der Waals surface area contributed by atoms with Crippen molar-refractivity contribution in [3.8, 4) is 0 Å². The van der Waals surface area contributed by atoms with E-state index in [0.29, 0.717) is 0 Å². The van der Waals surface area contributed by atoms with Crippen LogP contribution in [0.3, 0.4) is 0 Å². The van der Waals surface area contributed by atoms with E-state index in [0.717, 1.165) is 36.4 Å². The second-order valence-electron chi connectivity index (χ2n) is 15.5. The molecule has 4 rings (SSSR count). The standard InChI is InChI=1S/C36H53N13O22S4.4Na/c50-15-23(54)29(58)27(56)21(52)13-39-33-43-31(37-7-9-72(60,61)62)44-34(46-33)41-19-5-3-17(25(11-19)74(66,67)68)1-2-18-4-6-20(12-26(18)75(69,70)71)42-35-45-32(38-8-10-73(63,64)65)47-36(48-35)49-40-14-22(53)28(57)30(59)24(55)16-51;;;;/h1-6,11-12,21-24,27-30,40,50-59H,7-10,13-16H2,(H,60,61,62)(H,63,64,65)(H,66,67,68)(H,69,70,71)(H3,37,39,41,43,44,46)(H3,38,42,45,47,48,49);;;;/q;4*+1/p-4. The summed E-state index contributed by atoms with van der Waals surface area (Å²) in [5, 5.41) is 110. The van der Waals surface area contributed by atoms with Gasteiger partial charge in [0.1, 0.15) is 56.9 Å². The van der Waals surface area contributed by atoms with Crippen LogP contribution in [0, 0.1) is 0 Å². The van der Waals surface area contributed by atoms with Gasteiger partial charge in [-0.1, -0.05) is 24.3 Å². The first-order chi connectivity index (χ1) is 34.9. The van der Waals surface area contributed by atoms with E-state index in [1.807, 2.05) is 0 Å². The van der Waals surface area contributed by atoms with Gasteiger partial charge >= 0.3 is 118 Å². The van der Waals surface area contributed by atoms with Gasteiger partial charge in [-0.3, -0.25) is 5.43 Å². The third kappa shape index (κ3) is 26.3. The molecular weight excluding hydrogens is 1190 g/mol. The van der Waals surface area contributed by atoms with Crippen molar-refractivity contribution in [3.63, 3.8) is 0 Å². The van der Waals surface area contributed by atoms with Crippen molar-refractivity contribution in [2.24, 2.45) is 0 Å². The molecule has 0 bridgehead atoms. The largest absolute Gasteiger partial charge is 1.00 e. The second-order valence-corrected chi connectivity index (χ2v) is 21.2. The number of hydrogen-bond donors (Lipinski definition) is 17. The Kier molecular flexibility index (Phi) is 34.1. The van der Waals surface area contributed by atoms with Crippen LogP contribution in [0.2, 0.25) is 0 Å². The predicted octanol–water partition coefficient (Wildman–Crippen LogP) is -19.3. The normalized spacial score (nSPS) is 15.0. The summed E-state index contributed by atoms with van der Waals surface area (Å²) >= 11 is 0. The first kappa shape index (κ1) is 77.2. The van der Waals surface area contributed by atoms with Gasteiger partial charge in [0.05, 0.1) is 67.0 Å². The molecule has 2 aromatic carbocycles. The molecule has 43 heteroatoms. The molecule has 418 valence electrons. The molecule has 0 fully saturated rings. The van der Waals surface area contributed by atoms with Crippen LogP contribution >= 0.6 is 0 Å². The topological polar surface area (TPSA) is 593 Å². The van der Waals surface area contributed by atoms with Crippen LogP contribution in [0.4, 0.5) is 47.1 Å². The Bertz CT molecular complexity index is 3080. The number of aromatic nitrogens is 6. The molecule has 8 unspecified atom stereocenters. The van der Waals surface area contributed by atoms with Crippen LogP contribution in [-0.2, 0) is 40.5 Å². The third-order valence-corrected chi connectivity index (χ3v) is 12.9. The molecule has 2 heterocycles. The Hall–Kier alpha value is -1.80. The Morgan fingerprint density at radius 2 is 0.785 bits per heavy atom. The monoisotopic (exact) mass is 1240 g/mol. The fourth-order valence-electron chi connectivity index (χ4n) is 5.90. The molecule has 79 heavy (non-hydrogen) atoms. The van der Waals surface area contributed by atoms with Crippen LogP contribution in [0.25, 0.3) is 12.2 Å². The first-order valence-corrected chi connectivity index (χ1v) is 27.0. The van der Waals surface area contributed by atoms with E-state index < -0.39 is 186 Å². The van der Waals surface area contributed by atoms with Gasteiger partial charge in [-0.05, 0) is 35.4 Å². The Morgan fingerprint density at radius 1 is 0.456 bits per heavy atom. The van der Waals surface area contributed by atoms with Crippen LogP contribution in [-0.4, -0.2) is 233 Å². The average molecular weight is 1240 g/mol. The van der Waals surface area contributed by atoms with Crippen molar-refractivity contribution in [1.82, 2.24) is 35.3 Å². The molecule has 0 amide bonds. The molecule has 0 aliphatic heterocycles. The zero-order chi connectivity index (χ0) is 56.1. The molecule has 0 aliphatic carbocycles. The number of aliphatic hydroxyl groups excluding tert-OH is 10. The Labute approximate surface area is 539 Å². The number of anilines is 8. The molecule has 35 nitrogen and oxygen atoms in total. The first-order valence-electron chi connectivity index (χ1n) is 21.1. The summed E-state index contributed by atoms with van der Waals surface area (Å²) in [6.07, 6.45) is -13.3. The van der Waals surface area contributed by atoms with Gasteiger partial charge < -0.3 is 95.9 Å². The van der Waals surface area contributed by atoms with E-state index >= 15 is 0 Å². The maximum Gasteiger partial charge on any atom is 1.00 e. The van der Waals surface area contributed by atoms with Crippen molar-refractivity contribution < 1.29 is 221 Å². The minimum Gasteiger partial charge on any atom is -0.748 e. The van der Waals surface area contributed by atoms with E-state index in [1.165, 1.54) is 12.1 Å². The molecule has 0 aliphatic rings. The number of hydrazine groups is 1. The number of nitrogens with zero attached hydrogens (tertiary/aromatic N) is 6. The molecule has 17 N–H and O–H groups in total. The van der Waals surface area contributed by atoms with Crippen LogP contribution in [0.15, 0.2) is 46.2 Å². The minimum atomic E-state index is -5.39. The minimum absolute atomic E-state index is 0. The van der Waals surface area contributed by atoms with E-state index in [2.05, 4.69) is 67.3 Å². The number of nitrogens with one attached hydrogen (secondary N) is 7. The molecule has 4 aromatic rings. The number of rotatable bonds is 31. The fraction of sp³-hybridized carbons (Fsp3) is 0.444. The molecule has 0 saturated heterocycles. The van der Waals surface area contributed by atoms with Crippen LogP contribution in [0.1, 0.15) is 11.1 Å². The van der Waals surface area contributed by atoms with E-state index in [4.69, 9.17) is 10.2 Å². The number of benzene rings is 2. The zero-order valence-electron chi connectivity index (χ0n) is 42.1. The van der Waals surface area contributed by atoms with Crippen LogP contribution < -0.4 is 156 Å². The van der Waals surface area contributed by atoms with Gasteiger partial charge in [0.15, 0.2) is 0 Å². The summed E-state index contributed by atoms with van der Waals surface area (Å²) in [6.45, 7) is -4.20. The van der Waals surface area contributed by atoms with Crippen molar-refractivity contribution in [2.45, 2.75) is 58.6 Å². The van der Waals surface area contributed by atoms with Gasteiger partial charge in [0.25, 0.3) is 0 Å². The summed E-state index contributed by atoms with van der Waals surface area (Å²) in [6, 6.07) is 6.05. The Balaban J connectivity index is 0.0000152. The van der Waals surface area contributed by atoms with Gasteiger partial charge in [0, 0.05) is 37.6 Å². The summed E-state index contributed by atoms with van der Waals surface area (Å²) in [7, 11) is -20.2. The van der Waals surface area contributed by atoms with E-state index in [-0.39, 0.29) is 141 Å².